The SMILES string of the molecule is Cc1ccc(/C(O)=C2\C(=O)C(=O)N(CCN3CCOCC3)[C@H]2c2ccc(Cl)cc2Cl)cc1. The van der Waals surface area contributed by atoms with Gasteiger partial charge in [-0.05, 0) is 24.6 Å². The van der Waals surface area contributed by atoms with Crippen molar-refractivity contribution in [1.29, 1.82) is 0 Å². The molecule has 2 aliphatic heterocycles. The number of hydrogen-bond acceptors (Lipinski definition) is 5. The molecule has 1 amide bonds. The van der Waals surface area contributed by atoms with Crippen molar-refractivity contribution in [1.82, 2.24) is 9.80 Å². The van der Waals surface area contributed by atoms with Crippen molar-refractivity contribution >= 4 is 40.7 Å². The van der Waals surface area contributed by atoms with Crippen LogP contribution in [0.4, 0.5) is 0 Å². The fourth-order valence-electron chi connectivity index (χ4n) is 4.10. The first-order valence-corrected chi connectivity index (χ1v) is 11.2. The summed E-state index contributed by atoms with van der Waals surface area (Å²) in [5, 5.41) is 11.9. The number of halogens is 2. The third-order valence-corrected chi connectivity index (χ3v) is 6.45. The van der Waals surface area contributed by atoms with E-state index in [4.69, 9.17) is 27.9 Å². The predicted molar refractivity (Wildman–Crippen MR) is 124 cm³/mol. The van der Waals surface area contributed by atoms with Crippen LogP contribution < -0.4 is 0 Å². The number of Topliss-reactive ketones (excluding diaryl/α,β-unsaturated/α-hetero) is 1. The number of aliphatic hydroxyl groups excluding tert-OH is 1. The Morgan fingerprint density at radius 1 is 1.06 bits per heavy atom. The predicted octanol–water partition coefficient (Wildman–Crippen LogP) is 4.06. The number of carbonyl (C=O) groups is 2. The molecule has 8 heteroatoms. The summed E-state index contributed by atoms with van der Waals surface area (Å²) in [5.74, 6) is -1.59. The molecule has 0 radical (unpaired) electrons. The number of benzene rings is 2. The molecule has 2 heterocycles. The van der Waals surface area contributed by atoms with Crippen LogP contribution in [0.3, 0.4) is 0 Å². The fourth-order valence-corrected chi connectivity index (χ4v) is 4.61. The average molecular weight is 475 g/mol. The van der Waals surface area contributed by atoms with Crippen LogP contribution in [0.1, 0.15) is 22.7 Å². The minimum Gasteiger partial charge on any atom is -0.507 e. The second-order valence-electron chi connectivity index (χ2n) is 7.98. The van der Waals surface area contributed by atoms with Crippen molar-refractivity contribution in [2.24, 2.45) is 0 Å². The highest BCUT2D eigenvalue weighted by molar-refractivity contribution is 6.47. The van der Waals surface area contributed by atoms with Gasteiger partial charge in [0.2, 0.25) is 0 Å². The highest BCUT2D eigenvalue weighted by Crippen LogP contribution is 2.42. The Bertz CT molecular complexity index is 1060. The molecule has 32 heavy (non-hydrogen) atoms. The molecule has 1 N–H and O–H groups in total. The molecular weight excluding hydrogens is 451 g/mol. The van der Waals surface area contributed by atoms with E-state index in [-0.39, 0.29) is 11.3 Å². The zero-order valence-corrected chi connectivity index (χ0v) is 19.2. The van der Waals surface area contributed by atoms with E-state index in [0.717, 1.165) is 18.7 Å². The van der Waals surface area contributed by atoms with Gasteiger partial charge in [0, 0.05) is 41.8 Å². The standard InChI is InChI=1S/C24H24Cl2N2O4/c1-15-2-4-16(5-3-15)22(29)20-21(18-7-6-17(25)14-19(18)26)28(24(31)23(20)30)9-8-27-10-12-32-13-11-27/h2-7,14,21,29H,8-13H2,1H3/b22-20+/t21-/m0/s1. The Labute approximate surface area is 197 Å². The number of nitrogens with zero attached hydrogens (tertiary/aromatic N) is 2. The lowest BCUT2D eigenvalue weighted by atomic mass is 9.95. The molecular formula is C24H24Cl2N2O4. The number of amides is 1. The largest absolute Gasteiger partial charge is 0.507 e. The van der Waals surface area contributed by atoms with Crippen molar-refractivity contribution in [3.8, 4) is 0 Å². The molecule has 0 saturated carbocycles. The van der Waals surface area contributed by atoms with E-state index in [2.05, 4.69) is 4.90 Å². The van der Waals surface area contributed by atoms with Crippen LogP contribution in [0.5, 0.6) is 0 Å². The molecule has 2 aromatic rings. The molecule has 168 valence electrons. The van der Waals surface area contributed by atoms with E-state index < -0.39 is 17.7 Å². The average Bonchev–Trinajstić information content (AvgIpc) is 3.03. The van der Waals surface area contributed by atoms with Crippen LogP contribution in [0.15, 0.2) is 48.0 Å². The van der Waals surface area contributed by atoms with Crippen LogP contribution >= 0.6 is 23.2 Å². The smallest absolute Gasteiger partial charge is 0.295 e. The molecule has 0 spiro atoms. The first-order chi connectivity index (χ1) is 15.4. The number of morpholine rings is 1. The molecule has 0 aliphatic carbocycles. The molecule has 6 nitrogen and oxygen atoms in total. The summed E-state index contributed by atoms with van der Waals surface area (Å²) in [5.41, 5.74) is 2.07. The number of hydrogen-bond donors (Lipinski definition) is 1. The quantitative estimate of drug-likeness (QED) is 0.402. The maximum atomic E-state index is 13.1. The van der Waals surface area contributed by atoms with Gasteiger partial charge in [-0.1, -0.05) is 59.1 Å². The van der Waals surface area contributed by atoms with Crippen LogP contribution in [0.2, 0.25) is 10.0 Å². The lowest BCUT2D eigenvalue weighted by molar-refractivity contribution is -0.140. The highest BCUT2D eigenvalue weighted by atomic mass is 35.5. The van der Waals surface area contributed by atoms with Gasteiger partial charge in [0.15, 0.2) is 0 Å². The summed E-state index contributed by atoms with van der Waals surface area (Å²) in [6.45, 7) is 5.64. The number of aliphatic hydroxyl groups is 1. The molecule has 0 unspecified atom stereocenters. The van der Waals surface area contributed by atoms with Crippen LogP contribution in [-0.2, 0) is 14.3 Å². The van der Waals surface area contributed by atoms with E-state index in [1.807, 2.05) is 19.1 Å². The number of likely N-dealkylation sites (tertiary alicyclic amines) is 1. The second kappa shape index (κ2) is 9.63. The lowest BCUT2D eigenvalue weighted by Gasteiger charge is -2.31. The number of aryl methyl sites for hydroxylation is 1. The van der Waals surface area contributed by atoms with E-state index in [0.29, 0.717) is 47.5 Å². The Hall–Kier alpha value is -2.38. The van der Waals surface area contributed by atoms with Crippen LogP contribution in [0.25, 0.3) is 5.76 Å². The summed E-state index contributed by atoms with van der Waals surface area (Å²) in [4.78, 5) is 29.8. The minimum absolute atomic E-state index is 0.0325. The van der Waals surface area contributed by atoms with Crippen molar-refractivity contribution in [2.45, 2.75) is 13.0 Å². The normalized spacial score (nSPS) is 21.3. The van der Waals surface area contributed by atoms with Crippen molar-refractivity contribution in [3.05, 3.63) is 74.8 Å². The lowest BCUT2D eigenvalue weighted by Crippen LogP contribution is -2.42. The Morgan fingerprint density at radius 3 is 2.41 bits per heavy atom. The van der Waals surface area contributed by atoms with Gasteiger partial charge < -0.3 is 14.7 Å². The van der Waals surface area contributed by atoms with Gasteiger partial charge in [0.05, 0.1) is 24.8 Å². The van der Waals surface area contributed by atoms with Gasteiger partial charge in [-0.15, -0.1) is 0 Å². The summed E-state index contributed by atoms with van der Waals surface area (Å²) >= 11 is 12.6. The van der Waals surface area contributed by atoms with Gasteiger partial charge in [-0.3, -0.25) is 14.5 Å². The zero-order valence-electron chi connectivity index (χ0n) is 17.7. The third kappa shape index (κ3) is 4.55. The number of ketones is 1. The third-order valence-electron chi connectivity index (χ3n) is 5.88. The monoisotopic (exact) mass is 474 g/mol. The van der Waals surface area contributed by atoms with Gasteiger partial charge in [-0.25, -0.2) is 0 Å². The summed E-state index contributed by atoms with van der Waals surface area (Å²) in [6.07, 6.45) is 0. The molecule has 1 atom stereocenters. The zero-order chi connectivity index (χ0) is 22.8. The second-order valence-corrected chi connectivity index (χ2v) is 8.82. The summed E-state index contributed by atoms with van der Waals surface area (Å²) in [7, 11) is 0. The first-order valence-electron chi connectivity index (χ1n) is 10.5. The minimum atomic E-state index is -0.804. The molecule has 2 fully saturated rings. The van der Waals surface area contributed by atoms with E-state index in [1.54, 1.807) is 30.3 Å². The highest BCUT2D eigenvalue weighted by Gasteiger charge is 2.46. The Morgan fingerprint density at radius 2 is 1.75 bits per heavy atom. The fraction of sp³-hybridized carbons (Fsp3) is 0.333. The van der Waals surface area contributed by atoms with Gasteiger partial charge >= 0.3 is 0 Å². The molecule has 2 saturated heterocycles. The van der Waals surface area contributed by atoms with Crippen molar-refractivity contribution in [3.63, 3.8) is 0 Å². The molecule has 2 aromatic carbocycles. The van der Waals surface area contributed by atoms with Gasteiger partial charge in [0.25, 0.3) is 11.7 Å². The first kappa shape index (κ1) is 22.8. The Balaban J connectivity index is 1.76. The van der Waals surface area contributed by atoms with E-state index in [9.17, 15) is 14.7 Å². The van der Waals surface area contributed by atoms with E-state index in [1.165, 1.54) is 4.90 Å². The maximum Gasteiger partial charge on any atom is 0.295 e. The summed E-state index contributed by atoms with van der Waals surface area (Å²) < 4.78 is 5.39. The molecule has 0 bridgehead atoms. The molecule has 4 rings (SSSR count). The molecule has 2 aliphatic rings. The van der Waals surface area contributed by atoms with Gasteiger partial charge in [-0.2, -0.15) is 0 Å². The number of carbonyl (C=O) groups excluding carboxylic acids is 2. The van der Waals surface area contributed by atoms with Crippen LogP contribution in [-0.4, -0.2) is 66.0 Å². The van der Waals surface area contributed by atoms with Gasteiger partial charge in [0.1, 0.15) is 5.76 Å². The molecule has 0 aromatic heterocycles. The number of ether oxygens (including phenoxy) is 1. The maximum absolute atomic E-state index is 13.1. The van der Waals surface area contributed by atoms with Crippen molar-refractivity contribution < 1.29 is 19.4 Å². The summed E-state index contributed by atoms with van der Waals surface area (Å²) in [6, 6.07) is 11.3. The Kier molecular flexibility index (Phi) is 6.86. The van der Waals surface area contributed by atoms with Crippen molar-refractivity contribution in [2.75, 3.05) is 39.4 Å². The van der Waals surface area contributed by atoms with Crippen LogP contribution in [0, 0.1) is 6.92 Å². The number of rotatable bonds is 5. The van der Waals surface area contributed by atoms with E-state index >= 15 is 0 Å². The topological polar surface area (TPSA) is 70.1 Å².